The zero-order valence-electron chi connectivity index (χ0n) is 23.5. The van der Waals surface area contributed by atoms with E-state index in [1.165, 1.54) is 16.4 Å². The lowest BCUT2D eigenvalue weighted by Crippen LogP contribution is -2.47. The number of benzene rings is 2. The minimum atomic E-state index is -4.32. The van der Waals surface area contributed by atoms with Crippen molar-refractivity contribution in [3.05, 3.63) is 54.1 Å². The molecule has 0 bridgehead atoms. The van der Waals surface area contributed by atoms with Crippen molar-refractivity contribution in [1.29, 1.82) is 0 Å². The van der Waals surface area contributed by atoms with Crippen molar-refractivity contribution in [1.82, 2.24) is 9.62 Å². The number of nitrogens with one attached hydrogen (secondary N) is 1. The maximum absolute atomic E-state index is 13.6. The van der Waals surface area contributed by atoms with E-state index >= 15 is 0 Å². The number of ether oxygens (including phenoxy) is 3. The Morgan fingerprint density at radius 2 is 1.78 bits per heavy atom. The molecule has 0 spiro atoms. The molecule has 0 aliphatic carbocycles. The maximum Gasteiger partial charge on any atom is 0.407 e. The molecule has 12 nitrogen and oxygen atoms in total. The molecule has 3 atom stereocenters. The first-order valence-corrected chi connectivity index (χ1v) is 16.6. The summed E-state index contributed by atoms with van der Waals surface area (Å²) in [7, 11) is -8.17. The fraction of sp³-hybridized carbons (Fsp3) is 0.519. The standard InChI is InChI=1S/C27H40N3O9PS/c1-19(2)15-30(41(35,36)25-10-6-22(28)7-11-25)16-20(3)26(29-27(31)39-24-12-13-37-17-24)14-21-4-8-23(9-5-21)38-18-40(32,33)34/h4-11,19-20,24,26H,12-18,28H2,1-3H3,(H,29,31)(H2,32,33,34)/t20-,24+,26+/m1/s1. The summed E-state index contributed by atoms with van der Waals surface area (Å²) in [6.07, 6.45) is -0.756. The summed E-state index contributed by atoms with van der Waals surface area (Å²) in [6.45, 7) is 6.98. The van der Waals surface area contributed by atoms with E-state index in [1.54, 1.807) is 36.4 Å². The van der Waals surface area contributed by atoms with Crippen LogP contribution < -0.4 is 15.8 Å². The molecule has 41 heavy (non-hydrogen) atoms. The average Bonchev–Trinajstić information content (AvgIpc) is 3.40. The van der Waals surface area contributed by atoms with Crippen LogP contribution in [0.4, 0.5) is 10.5 Å². The Bertz CT molecular complexity index is 1280. The molecule has 2 aromatic rings. The lowest BCUT2D eigenvalue weighted by atomic mass is 9.94. The minimum Gasteiger partial charge on any atom is -0.481 e. The predicted molar refractivity (Wildman–Crippen MR) is 154 cm³/mol. The van der Waals surface area contributed by atoms with Gasteiger partial charge in [0.2, 0.25) is 10.0 Å². The summed E-state index contributed by atoms with van der Waals surface area (Å²) in [6, 6.07) is 12.2. The third-order valence-electron chi connectivity index (χ3n) is 6.51. The topological polar surface area (TPSA) is 178 Å². The van der Waals surface area contributed by atoms with Gasteiger partial charge in [-0.15, -0.1) is 0 Å². The first-order chi connectivity index (χ1) is 19.2. The number of carbonyl (C=O) groups is 1. The van der Waals surface area contributed by atoms with Crippen LogP contribution >= 0.6 is 7.60 Å². The lowest BCUT2D eigenvalue weighted by Gasteiger charge is -2.31. The number of anilines is 1. The molecular formula is C27H40N3O9PS. The van der Waals surface area contributed by atoms with Gasteiger partial charge in [-0.3, -0.25) is 4.57 Å². The van der Waals surface area contributed by atoms with Crippen LogP contribution in [-0.2, 0) is 30.5 Å². The number of amides is 1. The van der Waals surface area contributed by atoms with Gasteiger partial charge in [-0.2, -0.15) is 4.31 Å². The Morgan fingerprint density at radius 1 is 1.12 bits per heavy atom. The molecule has 0 saturated carbocycles. The van der Waals surface area contributed by atoms with Crippen LogP contribution in [0.5, 0.6) is 5.75 Å². The second kappa shape index (κ2) is 14.5. The van der Waals surface area contributed by atoms with Crippen LogP contribution in [0.3, 0.4) is 0 Å². The van der Waals surface area contributed by atoms with Crippen molar-refractivity contribution in [3.63, 3.8) is 0 Å². The van der Waals surface area contributed by atoms with E-state index in [4.69, 9.17) is 29.7 Å². The van der Waals surface area contributed by atoms with Crippen LogP contribution in [0.15, 0.2) is 53.4 Å². The van der Waals surface area contributed by atoms with E-state index in [2.05, 4.69) is 5.32 Å². The number of nitrogen functional groups attached to an aromatic ring is 1. The Balaban J connectivity index is 1.80. The molecule has 0 radical (unpaired) electrons. The third-order valence-corrected chi connectivity index (χ3v) is 8.82. The molecule has 2 aromatic carbocycles. The number of carbonyl (C=O) groups excluding carboxylic acids is 1. The molecule has 1 aliphatic rings. The summed E-state index contributed by atoms with van der Waals surface area (Å²) >= 11 is 0. The van der Waals surface area contributed by atoms with Crippen molar-refractivity contribution in [2.45, 2.75) is 50.7 Å². The van der Waals surface area contributed by atoms with Crippen LogP contribution in [0.2, 0.25) is 0 Å². The molecule has 1 aliphatic heterocycles. The molecule has 1 saturated heterocycles. The van der Waals surface area contributed by atoms with E-state index in [0.717, 1.165) is 5.56 Å². The Morgan fingerprint density at radius 3 is 2.34 bits per heavy atom. The van der Waals surface area contributed by atoms with Gasteiger partial charge >= 0.3 is 13.7 Å². The Hall–Kier alpha value is -2.67. The molecule has 1 fully saturated rings. The second-order valence-corrected chi connectivity index (χ2v) is 14.2. The monoisotopic (exact) mass is 613 g/mol. The highest BCUT2D eigenvalue weighted by molar-refractivity contribution is 7.89. The molecular weight excluding hydrogens is 573 g/mol. The summed E-state index contributed by atoms with van der Waals surface area (Å²) in [5.41, 5.74) is 7.02. The predicted octanol–water partition coefficient (Wildman–Crippen LogP) is 3.19. The van der Waals surface area contributed by atoms with Gasteiger partial charge in [0, 0.05) is 31.2 Å². The number of nitrogens with two attached hydrogens (primary N) is 1. The van der Waals surface area contributed by atoms with E-state index in [0.29, 0.717) is 31.7 Å². The first-order valence-electron chi connectivity index (χ1n) is 13.4. The highest BCUT2D eigenvalue weighted by Crippen LogP contribution is 2.34. The SMILES string of the molecule is CC(C)CN(C[C@@H](C)[C@H](Cc1ccc(OCP(=O)(O)O)cc1)NC(=O)O[C@H]1CCOC1)S(=O)(=O)c1ccc(N)cc1. The number of nitrogens with zero attached hydrogens (tertiary/aromatic N) is 1. The Kier molecular flexibility index (Phi) is 11.6. The number of alkyl carbamates (subject to hydrolysis) is 1. The third kappa shape index (κ3) is 10.6. The highest BCUT2D eigenvalue weighted by atomic mass is 32.2. The van der Waals surface area contributed by atoms with Gasteiger partial charge in [0.1, 0.15) is 11.9 Å². The van der Waals surface area contributed by atoms with E-state index < -0.39 is 36.1 Å². The number of hydrogen-bond donors (Lipinski definition) is 4. The van der Waals surface area contributed by atoms with Crippen molar-refractivity contribution >= 4 is 29.4 Å². The van der Waals surface area contributed by atoms with Gasteiger partial charge in [0.25, 0.3) is 0 Å². The lowest BCUT2D eigenvalue weighted by molar-refractivity contribution is 0.0785. The van der Waals surface area contributed by atoms with Crippen LogP contribution in [0, 0.1) is 11.8 Å². The number of rotatable bonds is 14. The fourth-order valence-electron chi connectivity index (χ4n) is 4.39. The first kappa shape index (κ1) is 32.8. The summed E-state index contributed by atoms with van der Waals surface area (Å²) < 4.78 is 55.7. The van der Waals surface area contributed by atoms with Crippen LogP contribution in [0.25, 0.3) is 0 Å². The van der Waals surface area contributed by atoms with Crippen molar-refractivity contribution in [2.24, 2.45) is 11.8 Å². The van der Waals surface area contributed by atoms with Gasteiger partial charge in [0.15, 0.2) is 6.35 Å². The zero-order chi connectivity index (χ0) is 30.2. The van der Waals surface area contributed by atoms with Crippen molar-refractivity contribution in [3.8, 4) is 5.75 Å². The molecule has 1 heterocycles. The summed E-state index contributed by atoms with van der Waals surface area (Å²) in [5.74, 6) is -0.00608. The zero-order valence-corrected chi connectivity index (χ0v) is 25.2. The largest absolute Gasteiger partial charge is 0.481 e. The molecule has 14 heteroatoms. The molecule has 228 valence electrons. The van der Waals surface area contributed by atoms with E-state index in [9.17, 15) is 17.8 Å². The smallest absolute Gasteiger partial charge is 0.407 e. The second-order valence-electron chi connectivity index (χ2n) is 10.7. The summed E-state index contributed by atoms with van der Waals surface area (Å²) in [5, 5.41) is 2.92. The summed E-state index contributed by atoms with van der Waals surface area (Å²) in [4.78, 5) is 31.0. The quantitative estimate of drug-likeness (QED) is 0.183. The maximum atomic E-state index is 13.6. The van der Waals surface area contributed by atoms with Crippen LogP contribution in [-0.4, -0.2) is 73.4 Å². The van der Waals surface area contributed by atoms with Gasteiger partial charge in [-0.05, 0) is 60.2 Å². The van der Waals surface area contributed by atoms with E-state index in [1.807, 2.05) is 20.8 Å². The number of sulfonamides is 1. The van der Waals surface area contributed by atoms with Crippen LogP contribution in [0.1, 0.15) is 32.8 Å². The van der Waals surface area contributed by atoms with Crippen molar-refractivity contribution < 1.29 is 41.8 Å². The Labute approximate surface area is 241 Å². The van der Waals surface area contributed by atoms with E-state index in [-0.39, 0.29) is 41.7 Å². The molecule has 3 rings (SSSR count). The normalized spacial score (nSPS) is 17.4. The molecule has 1 amide bonds. The minimum absolute atomic E-state index is 0.0465. The highest BCUT2D eigenvalue weighted by Gasteiger charge is 2.31. The van der Waals surface area contributed by atoms with Gasteiger partial charge < -0.3 is 35.0 Å². The fourth-order valence-corrected chi connectivity index (χ4v) is 6.41. The average molecular weight is 614 g/mol. The molecule has 5 N–H and O–H groups in total. The molecule has 0 aromatic heterocycles. The molecule has 0 unspecified atom stereocenters. The van der Waals surface area contributed by atoms with Gasteiger partial charge in [-0.25, -0.2) is 13.2 Å². The van der Waals surface area contributed by atoms with Crippen molar-refractivity contribution in [2.75, 3.05) is 38.4 Å². The van der Waals surface area contributed by atoms with Gasteiger partial charge in [0.05, 0.1) is 18.1 Å². The number of hydrogen-bond acceptors (Lipinski definition) is 8. The van der Waals surface area contributed by atoms with Gasteiger partial charge in [-0.1, -0.05) is 32.9 Å².